The molecule has 3 aliphatic heterocycles. The second kappa shape index (κ2) is 7.48. The lowest BCUT2D eigenvalue weighted by Gasteiger charge is -2.39. The third kappa shape index (κ3) is 3.59. The molecule has 2 N–H and O–H groups in total. The second-order valence-corrected chi connectivity index (χ2v) is 8.13. The minimum atomic E-state index is -0.226. The Bertz CT molecular complexity index is 773. The molecular formula is C20H28FN5O2. The number of rotatable bonds is 2. The molecule has 0 saturated carbocycles. The zero-order valence-electron chi connectivity index (χ0n) is 16.4. The number of benzene rings is 1. The molecule has 4 amide bonds. The second-order valence-electron chi connectivity index (χ2n) is 8.13. The first-order chi connectivity index (χ1) is 13.4. The Labute approximate surface area is 164 Å². The molecule has 1 aromatic carbocycles. The molecule has 0 bridgehead atoms. The maximum absolute atomic E-state index is 13.4. The normalized spacial score (nSPS) is 27.5. The first-order valence-corrected chi connectivity index (χ1v) is 10.0. The number of fused-ring (bicyclic) bond motifs is 1. The van der Waals surface area contributed by atoms with Crippen LogP contribution in [0.2, 0.25) is 0 Å². The average Bonchev–Trinajstić information content (AvgIpc) is 2.95. The van der Waals surface area contributed by atoms with Crippen molar-refractivity contribution in [1.82, 2.24) is 20.4 Å². The lowest BCUT2D eigenvalue weighted by atomic mass is 10.0. The first kappa shape index (κ1) is 18.8. The van der Waals surface area contributed by atoms with Gasteiger partial charge in [-0.3, -0.25) is 0 Å². The van der Waals surface area contributed by atoms with E-state index >= 15 is 0 Å². The van der Waals surface area contributed by atoms with Gasteiger partial charge < -0.3 is 25.3 Å². The first-order valence-electron chi connectivity index (χ1n) is 10.0. The fraction of sp³-hybridized carbons (Fsp3) is 0.600. The molecule has 3 atom stereocenters. The standard InChI is InChI=1S/C20H28FN5O2/c1-13-10-14(21)5-6-17(13)25-8-3-4-15(11-25)22-20(28)26-9-7-18-16(12-26)23-19(27)24(18)2/h5-6,10,15-16,18H,3-4,7-9,11-12H2,1-2H3,(H,22,28)(H,23,27)/t15?,16-,18+/m1/s1. The third-order valence-corrected chi connectivity index (χ3v) is 6.24. The number of halogens is 1. The van der Waals surface area contributed by atoms with Crippen molar-refractivity contribution in [3.05, 3.63) is 29.6 Å². The molecule has 1 unspecified atom stereocenters. The van der Waals surface area contributed by atoms with Gasteiger partial charge in [-0.05, 0) is 49.9 Å². The number of amides is 4. The van der Waals surface area contributed by atoms with Gasteiger partial charge in [-0.25, -0.2) is 14.0 Å². The molecule has 3 saturated heterocycles. The fourth-order valence-electron chi connectivity index (χ4n) is 4.69. The van der Waals surface area contributed by atoms with Crippen molar-refractivity contribution < 1.29 is 14.0 Å². The van der Waals surface area contributed by atoms with Crippen LogP contribution in [0.4, 0.5) is 19.7 Å². The van der Waals surface area contributed by atoms with Gasteiger partial charge in [-0.1, -0.05) is 0 Å². The van der Waals surface area contributed by atoms with Crippen LogP contribution >= 0.6 is 0 Å². The summed E-state index contributed by atoms with van der Waals surface area (Å²) in [4.78, 5) is 30.4. The van der Waals surface area contributed by atoms with Gasteiger partial charge in [-0.15, -0.1) is 0 Å². The van der Waals surface area contributed by atoms with E-state index in [4.69, 9.17) is 0 Å². The number of hydrogen-bond acceptors (Lipinski definition) is 3. The number of carbonyl (C=O) groups excluding carboxylic acids is 2. The number of carbonyl (C=O) groups is 2. The monoisotopic (exact) mass is 389 g/mol. The van der Waals surface area contributed by atoms with Crippen LogP contribution in [0.3, 0.4) is 0 Å². The Hall–Kier alpha value is -2.51. The highest BCUT2D eigenvalue weighted by molar-refractivity contribution is 5.79. The van der Waals surface area contributed by atoms with E-state index in [1.807, 2.05) is 24.9 Å². The van der Waals surface area contributed by atoms with E-state index in [0.29, 0.717) is 13.1 Å². The van der Waals surface area contributed by atoms with E-state index < -0.39 is 0 Å². The fourth-order valence-corrected chi connectivity index (χ4v) is 4.69. The summed E-state index contributed by atoms with van der Waals surface area (Å²) in [5.74, 6) is -0.226. The van der Waals surface area contributed by atoms with Gasteiger partial charge >= 0.3 is 12.1 Å². The molecule has 0 radical (unpaired) electrons. The summed E-state index contributed by atoms with van der Waals surface area (Å²) in [5.41, 5.74) is 1.94. The van der Waals surface area contributed by atoms with E-state index in [1.54, 1.807) is 11.0 Å². The van der Waals surface area contributed by atoms with Crippen LogP contribution in [0.15, 0.2) is 18.2 Å². The van der Waals surface area contributed by atoms with Crippen molar-refractivity contribution >= 4 is 17.7 Å². The predicted octanol–water partition coefficient (Wildman–Crippen LogP) is 1.91. The summed E-state index contributed by atoms with van der Waals surface area (Å²) in [6.45, 7) is 4.74. The van der Waals surface area contributed by atoms with Crippen molar-refractivity contribution in [2.24, 2.45) is 0 Å². The van der Waals surface area contributed by atoms with Crippen LogP contribution in [0.5, 0.6) is 0 Å². The minimum absolute atomic E-state index is 0.00159. The van der Waals surface area contributed by atoms with E-state index in [0.717, 1.165) is 43.6 Å². The highest BCUT2D eigenvalue weighted by Gasteiger charge is 2.41. The number of hydrogen-bond donors (Lipinski definition) is 2. The minimum Gasteiger partial charge on any atom is -0.369 e. The van der Waals surface area contributed by atoms with E-state index in [1.165, 1.54) is 6.07 Å². The van der Waals surface area contributed by atoms with E-state index in [2.05, 4.69) is 15.5 Å². The molecule has 152 valence electrons. The number of anilines is 1. The summed E-state index contributed by atoms with van der Waals surface area (Å²) in [6, 6.07) is 4.96. The lowest BCUT2D eigenvalue weighted by Crippen LogP contribution is -2.57. The molecule has 1 aromatic rings. The van der Waals surface area contributed by atoms with Gasteiger partial charge in [0.2, 0.25) is 0 Å². The molecule has 8 heteroatoms. The van der Waals surface area contributed by atoms with Crippen molar-refractivity contribution in [1.29, 1.82) is 0 Å². The van der Waals surface area contributed by atoms with Gasteiger partial charge in [0, 0.05) is 45.0 Å². The Kier molecular flexibility index (Phi) is 5.03. The Balaban J connectivity index is 1.35. The summed E-state index contributed by atoms with van der Waals surface area (Å²) < 4.78 is 13.4. The topological polar surface area (TPSA) is 67.9 Å². The SMILES string of the molecule is Cc1cc(F)ccc1N1CCCC(NC(=O)N2CC[C@H]3[C@@H](C2)NC(=O)N3C)C1. The summed E-state index contributed by atoms with van der Waals surface area (Å²) in [6.07, 6.45) is 2.70. The predicted molar refractivity (Wildman–Crippen MR) is 105 cm³/mol. The average molecular weight is 389 g/mol. The summed E-state index contributed by atoms with van der Waals surface area (Å²) >= 11 is 0. The van der Waals surface area contributed by atoms with Crippen molar-refractivity contribution in [2.75, 3.05) is 38.1 Å². The largest absolute Gasteiger partial charge is 0.369 e. The number of likely N-dealkylation sites (tertiary alicyclic amines) is 1. The Morgan fingerprint density at radius 3 is 2.86 bits per heavy atom. The molecule has 3 aliphatic rings. The molecule has 28 heavy (non-hydrogen) atoms. The molecule has 0 aromatic heterocycles. The molecule has 3 heterocycles. The molecule has 7 nitrogen and oxygen atoms in total. The lowest BCUT2D eigenvalue weighted by molar-refractivity contribution is 0.150. The van der Waals surface area contributed by atoms with Gasteiger partial charge in [0.1, 0.15) is 5.82 Å². The van der Waals surface area contributed by atoms with E-state index in [-0.39, 0.29) is 36.0 Å². The van der Waals surface area contributed by atoms with Gasteiger partial charge in [-0.2, -0.15) is 0 Å². The number of urea groups is 2. The van der Waals surface area contributed by atoms with Crippen LogP contribution < -0.4 is 15.5 Å². The van der Waals surface area contributed by atoms with Crippen LogP contribution in [0, 0.1) is 12.7 Å². The van der Waals surface area contributed by atoms with Gasteiger partial charge in [0.15, 0.2) is 0 Å². The molecule has 0 aliphatic carbocycles. The van der Waals surface area contributed by atoms with Crippen LogP contribution in [0.1, 0.15) is 24.8 Å². The van der Waals surface area contributed by atoms with E-state index in [9.17, 15) is 14.0 Å². The number of nitrogens with one attached hydrogen (secondary N) is 2. The molecule has 4 rings (SSSR count). The molecular weight excluding hydrogens is 361 g/mol. The number of nitrogens with zero attached hydrogens (tertiary/aromatic N) is 3. The zero-order valence-corrected chi connectivity index (χ0v) is 16.4. The summed E-state index contributed by atoms with van der Waals surface area (Å²) in [7, 11) is 1.81. The van der Waals surface area contributed by atoms with Gasteiger partial charge in [0.25, 0.3) is 0 Å². The smallest absolute Gasteiger partial charge is 0.317 e. The van der Waals surface area contributed by atoms with Crippen molar-refractivity contribution in [3.8, 4) is 0 Å². The number of likely N-dealkylation sites (N-methyl/N-ethyl adjacent to an activating group) is 1. The Morgan fingerprint density at radius 2 is 2.07 bits per heavy atom. The maximum atomic E-state index is 13.4. The van der Waals surface area contributed by atoms with Crippen LogP contribution in [0.25, 0.3) is 0 Å². The van der Waals surface area contributed by atoms with Gasteiger partial charge in [0.05, 0.1) is 12.1 Å². The molecule has 3 fully saturated rings. The molecule has 0 spiro atoms. The third-order valence-electron chi connectivity index (χ3n) is 6.24. The van der Waals surface area contributed by atoms with Crippen molar-refractivity contribution in [2.45, 2.75) is 44.3 Å². The van der Waals surface area contributed by atoms with Crippen LogP contribution in [-0.2, 0) is 0 Å². The van der Waals surface area contributed by atoms with Crippen LogP contribution in [-0.4, -0.2) is 73.2 Å². The maximum Gasteiger partial charge on any atom is 0.317 e. The highest BCUT2D eigenvalue weighted by Crippen LogP contribution is 2.25. The quantitative estimate of drug-likeness (QED) is 0.812. The number of aryl methyl sites for hydroxylation is 1. The number of piperidine rings is 2. The van der Waals surface area contributed by atoms with Crippen molar-refractivity contribution in [3.63, 3.8) is 0 Å². The Morgan fingerprint density at radius 1 is 1.25 bits per heavy atom. The highest BCUT2D eigenvalue weighted by atomic mass is 19.1. The summed E-state index contributed by atoms with van der Waals surface area (Å²) in [5, 5.41) is 6.13. The zero-order chi connectivity index (χ0) is 19.8.